The molecular formula is C23H24ClN5O6S. The van der Waals surface area contributed by atoms with E-state index in [1.165, 1.54) is 38.1 Å². The first-order valence-electron chi connectivity index (χ1n) is 10.8. The number of methoxy groups -OCH3 is 2. The van der Waals surface area contributed by atoms with Crippen LogP contribution in [-0.4, -0.2) is 57.7 Å². The molecule has 3 aromatic heterocycles. The predicted molar refractivity (Wildman–Crippen MR) is 131 cm³/mol. The van der Waals surface area contributed by atoms with Gasteiger partial charge in [0, 0.05) is 12.4 Å². The number of hydrogen-bond donors (Lipinski definition) is 1. The first-order chi connectivity index (χ1) is 17.2. The summed E-state index contributed by atoms with van der Waals surface area (Å²) in [5, 5.41) is 18.1. The SMILES string of the molecule is COc1cccc(OC)c1-n1c(CS(=O)(=O)[C@H](C)[C@@H](O)c2ncc(Cl)cn2)nnc1-c1ccc(C)o1. The van der Waals surface area contributed by atoms with Gasteiger partial charge in [-0.2, -0.15) is 0 Å². The van der Waals surface area contributed by atoms with Crippen LogP contribution in [0.5, 0.6) is 11.5 Å². The molecule has 0 fully saturated rings. The molecule has 0 radical (unpaired) electrons. The molecule has 3 heterocycles. The molecule has 1 aromatic carbocycles. The smallest absolute Gasteiger partial charge is 0.204 e. The molecule has 0 spiro atoms. The van der Waals surface area contributed by atoms with E-state index in [1.54, 1.807) is 37.3 Å². The van der Waals surface area contributed by atoms with Crippen LogP contribution in [0.1, 0.15) is 30.4 Å². The summed E-state index contributed by atoms with van der Waals surface area (Å²) in [6.07, 6.45) is 1.08. The van der Waals surface area contributed by atoms with Crippen LogP contribution >= 0.6 is 11.6 Å². The van der Waals surface area contributed by atoms with E-state index in [4.69, 9.17) is 25.5 Å². The number of sulfone groups is 1. The van der Waals surface area contributed by atoms with Gasteiger partial charge >= 0.3 is 0 Å². The van der Waals surface area contributed by atoms with Crippen molar-refractivity contribution in [3.05, 3.63) is 65.2 Å². The van der Waals surface area contributed by atoms with Crippen LogP contribution in [0.15, 0.2) is 47.1 Å². The van der Waals surface area contributed by atoms with E-state index in [0.717, 1.165) is 0 Å². The molecule has 0 aliphatic heterocycles. The van der Waals surface area contributed by atoms with Crippen LogP contribution in [0.25, 0.3) is 17.3 Å². The third-order valence-corrected chi connectivity index (χ3v) is 7.81. The highest BCUT2D eigenvalue weighted by Crippen LogP contribution is 2.37. The Morgan fingerprint density at radius 2 is 1.72 bits per heavy atom. The molecule has 1 N–H and O–H groups in total. The molecule has 0 bridgehead atoms. The monoisotopic (exact) mass is 533 g/mol. The zero-order chi connectivity index (χ0) is 26.0. The Bertz CT molecular complexity index is 1450. The Balaban J connectivity index is 1.81. The topological polar surface area (TPSA) is 142 Å². The lowest BCUT2D eigenvalue weighted by Crippen LogP contribution is -2.29. The van der Waals surface area contributed by atoms with E-state index < -0.39 is 26.9 Å². The number of ether oxygens (including phenoxy) is 2. The maximum Gasteiger partial charge on any atom is 0.204 e. The van der Waals surface area contributed by atoms with Crippen LogP contribution in [0.3, 0.4) is 0 Å². The first kappa shape index (κ1) is 25.6. The normalized spacial score (nSPS) is 13.4. The van der Waals surface area contributed by atoms with Gasteiger partial charge in [-0.15, -0.1) is 10.2 Å². The molecule has 0 aliphatic carbocycles. The highest BCUT2D eigenvalue weighted by Gasteiger charge is 2.34. The molecule has 0 amide bonds. The second-order valence-corrected chi connectivity index (χ2v) is 10.7. The molecular weight excluding hydrogens is 510 g/mol. The van der Waals surface area contributed by atoms with Gasteiger partial charge in [0.15, 0.2) is 27.2 Å². The lowest BCUT2D eigenvalue weighted by Gasteiger charge is -2.19. The molecule has 0 saturated heterocycles. The maximum absolute atomic E-state index is 13.4. The number of para-hydroxylation sites is 1. The average molecular weight is 534 g/mol. The Kier molecular flexibility index (Phi) is 7.29. The molecule has 0 unspecified atom stereocenters. The molecule has 13 heteroatoms. The number of hydrogen-bond acceptors (Lipinski definition) is 10. The summed E-state index contributed by atoms with van der Waals surface area (Å²) < 4.78 is 45.2. The Labute approximate surface area is 212 Å². The first-order valence-corrected chi connectivity index (χ1v) is 12.8. The highest BCUT2D eigenvalue weighted by atomic mass is 35.5. The fraction of sp³-hybridized carbons (Fsp3) is 0.304. The Hall–Kier alpha value is -3.48. The molecule has 11 nitrogen and oxygen atoms in total. The van der Waals surface area contributed by atoms with Gasteiger partial charge in [0.25, 0.3) is 0 Å². The van der Waals surface area contributed by atoms with E-state index in [0.29, 0.717) is 28.7 Å². The minimum atomic E-state index is -4.00. The van der Waals surface area contributed by atoms with E-state index in [2.05, 4.69) is 20.2 Å². The van der Waals surface area contributed by atoms with Gasteiger partial charge in [-0.05, 0) is 38.1 Å². The van der Waals surface area contributed by atoms with Gasteiger partial charge in [0.1, 0.15) is 34.8 Å². The van der Waals surface area contributed by atoms with Gasteiger partial charge in [-0.25, -0.2) is 18.4 Å². The third kappa shape index (κ3) is 4.92. The van der Waals surface area contributed by atoms with Crippen LogP contribution in [0.4, 0.5) is 0 Å². The number of halogens is 1. The van der Waals surface area contributed by atoms with Crippen molar-refractivity contribution < 1.29 is 27.4 Å². The lowest BCUT2D eigenvalue weighted by atomic mass is 10.2. The molecule has 0 aliphatic rings. The van der Waals surface area contributed by atoms with Crippen LogP contribution in [0.2, 0.25) is 5.02 Å². The van der Waals surface area contributed by atoms with Crippen molar-refractivity contribution in [2.24, 2.45) is 0 Å². The number of aromatic nitrogens is 5. The van der Waals surface area contributed by atoms with Gasteiger partial charge in [-0.1, -0.05) is 17.7 Å². The van der Waals surface area contributed by atoms with Crippen molar-refractivity contribution in [2.75, 3.05) is 14.2 Å². The number of aliphatic hydroxyl groups is 1. The van der Waals surface area contributed by atoms with Crippen molar-refractivity contribution in [3.8, 4) is 28.8 Å². The van der Waals surface area contributed by atoms with E-state index in [-0.39, 0.29) is 22.5 Å². The number of rotatable bonds is 9. The van der Waals surface area contributed by atoms with Crippen LogP contribution < -0.4 is 9.47 Å². The molecule has 36 heavy (non-hydrogen) atoms. The molecule has 4 aromatic rings. The molecule has 2 atom stereocenters. The molecule has 4 rings (SSSR count). The predicted octanol–water partition coefficient (Wildman–Crippen LogP) is 3.33. The van der Waals surface area contributed by atoms with Gasteiger partial charge in [0.2, 0.25) is 5.82 Å². The van der Waals surface area contributed by atoms with Crippen molar-refractivity contribution in [1.29, 1.82) is 0 Å². The van der Waals surface area contributed by atoms with Crippen molar-refractivity contribution in [3.63, 3.8) is 0 Å². The van der Waals surface area contributed by atoms with Crippen LogP contribution in [0, 0.1) is 6.92 Å². The minimum Gasteiger partial charge on any atom is -0.494 e. The van der Waals surface area contributed by atoms with Gasteiger partial charge in [0.05, 0.1) is 24.5 Å². The molecule has 190 valence electrons. The standard InChI is InChI=1S/C23H24ClN5O6S/c1-13-8-9-18(35-13)23-28-27-19(29(23)20-16(33-3)6-5-7-17(20)34-4)12-36(31,32)14(2)21(30)22-25-10-15(24)11-26-22/h5-11,14,21,30H,12H2,1-4H3/t14-,21-/m1/s1. The quantitative estimate of drug-likeness (QED) is 0.340. The summed E-state index contributed by atoms with van der Waals surface area (Å²) in [6, 6.07) is 8.62. The van der Waals surface area contributed by atoms with Gasteiger partial charge < -0.3 is 19.0 Å². The second kappa shape index (κ2) is 10.2. The van der Waals surface area contributed by atoms with E-state index in [1.807, 2.05) is 0 Å². The molecule has 0 saturated carbocycles. The maximum atomic E-state index is 13.4. The largest absolute Gasteiger partial charge is 0.494 e. The number of nitrogens with zero attached hydrogens (tertiary/aromatic N) is 5. The fourth-order valence-electron chi connectivity index (χ4n) is 3.60. The second-order valence-electron chi connectivity index (χ2n) is 7.91. The number of benzene rings is 1. The Morgan fingerprint density at radius 1 is 1.08 bits per heavy atom. The number of furan rings is 1. The van der Waals surface area contributed by atoms with Crippen molar-refractivity contribution in [2.45, 2.75) is 31.0 Å². The minimum absolute atomic E-state index is 0.0601. The summed E-state index contributed by atoms with van der Waals surface area (Å²) in [4.78, 5) is 7.88. The van der Waals surface area contributed by atoms with Crippen molar-refractivity contribution >= 4 is 21.4 Å². The number of aliphatic hydroxyl groups excluding tert-OH is 1. The summed E-state index contributed by atoms with van der Waals surface area (Å²) in [7, 11) is -1.03. The zero-order valence-corrected chi connectivity index (χ0v) is 21.5. The lowest BCUT2D eigenvalue weighted by molar-refractivity contribution is 0.166. The number of aryl methyl sites for hydroxylation is 1. The third-order valence-electron chi connectivity index (χ3n) is 5.56. The Morgan fingerprint density at radius 3 is 2.28 bits per heavy atom. The summed E-state index contributed by atoms with van der Waals surface area (Å²) >= 11 is 5.80. The van der Waals surface area contributed by atoms with Crippen molar-refractivity contribution in [1.82, 2.24) is 24.7 Å². The van der Waals surface area contributed by atoms with Gasteiger partial charge in [-0.3, -0.25) is 4.57 Å². The fourth-order valence-corrected chi connectivity index (χ4v) is 5.03. The highest BCUT2D eigenvalue weighted by molar-refractivity contribution is 7.91. The average Bonchev–Trinajstić information content (AvgIpc) is 3.48. The van der Waals surface area contributed by atoms with E-state index >= 15 is 0 Å². The summed E-state index contributed by atoms with van der Waals surface area (Å²) in [5.41, 5.74) is 0.399. The summed E-state index contributed by atoms with van der Waals surface area (Å²) in [5.74, 6) is 1.52. The summed E-state index contributed by atoms with van der Waals surface area (Å²) in [6.45, 7) is 3.15. The zero-order valence-electron chi connectivity index (χ0n) is 19.9. The van der Waals surface area contributed by atoms with E-state index in [9.17, 15) is 13.5 Å². The van der Waals surface area contributed by atoms with Crippen LogP contribution in [-0.2, 0) is 15.6 Å².